The Morgan fingerprint density at radius 2 is 1.78 bits per heavy atom. The molecule has 142 valence electrons. The molecule has 1 aliphatic rings. The van der Waals surface area contributed by atoms with E-state index in [0.717, 1.165) is 12.8 Å². The van der Waals surface area contributed by atoms with E-state index in [4.69, 9.17) is 4.74 Å². The van der Waals surface area contributed by atoms with Crippen LogP contribution >= 0.6 is 0 Å². The molecule has 0 bridgehead atoms. The van der Waals surface area contributed by atoms with Crippen molar-refractivity contribution in [1.82, 2.24) is 5.32 Å². The van der Waals surface area contributed by atoms with Gasteiger partial charge in [-0.2, -0.15) is 0 Å². The van der Waals surface area contributed by atoms with E-state index in [1.54, 1.807) is 13.0 Å². The SMILES string of the molecule is CCOC(=O)c1ccc(NS(=O)(=O)c2cccc(C(=O)NC3CC3)c2)cc1. The fraction of sp³-hybridized carbons (Fsp3) is 0.263. The number of rotatable bonds is 7. The molecule has 2 aromatic carbocycles. The third-order valence-electron chi connectivity index (χ3n) is 3.97. The van der Waals surface area contributed by atoms with Crippen LogP contribution in [0.4, 0.5) is 5.69 Å². The highest BCUT2D eigenvalue weighted by Crippen LogP contribution is 2.21. The van der Waals surface area contributed by atoms with Crippen molar-refractivity contribution >= 4 is 27.6 Å². The molecular weight excluding hydrogens is 368 g/mol. The Hall–Kier alpha value is -2.87. The van der Waals surface area contributed by atoms with Gasteiger partial charge in [-0.1, -0.05) is 6.07 Å². The standard InChI is InChI=1S/C19H20N2O5S/c1-2-26-19(23)13-6-8-16(9-7-13)21-27(24,25)17-5-3-4-14(12-17)18(22)20-15-10-11-15/h3-9,12,15,21H,2,10-11H2,1H3,(H,20,22). The maximum atomic E-state index is 12.6. The highest BCUT2D eigenvalue weighted by atomic mass is 32.2. The van der Waals surface area contributed by atoms with Gasteiger partial charge in [0.1, 0.15) is 0 Å². The number of anilines is 1. The number of amides is 1. The van der Waals surface area contributed by atoms with Crippen LogP contribution in [-0.4, -0.2) is 32.9 Å². The van der Waals surface area contributed by atoms with Gasteiger partial charge in [-0.05, 0) is 62.2 Å². The van der Waals surface area contributed by atoms with Crippen LogP contribution in [0.25, 0.3) is 0 Å². The number of benzene rings is 2. The van der Waals surface area contributed by atoms with Gasteiger partial charge in [0, 0.05) is 17.3 Å². The van der Waals surface area contributed by atoms with Crippen LogP contribution < -0.4 is 10.0 Å². The summed E-state index contributed by atoms with van der Waals surface area (Å²) in [4.78, 5) is 23.7. The minimum Gasteiger partial charge on any atom is -0.462 e. The Labute approximate surface area is 157 Å². The Kier molecular flexibility index (Phi) is 5.46. The monoisotopic (exact) mass is 388 g/mol. The first-order valence-electron chi connectivity index (χ1n) is 8.60. The Morgan fingerprint density at radius 1 is 1.07 bits per heavy atom. The van der Waals surface area contributed by atoms with Gasteiger partial charge in [0.2, 0.25) is 0 Å². The molecule has 1 saturated carbocycles. The molecule has 2 aromatic rings. The normalized spacial score (nSPS) is 13.7. The number of sulfonamides is 1. The van der Waals surface area contributed by atoms with Crippen molar-refractivity contribution < 1.29 is 22.7 Å². The fourth-order valence-corrected chi connectivity index (χ4v) is 3.51. The maximum Gasteiger partial charge on any atom is 0.338 e. The molecule has 8 heteroatoms. The Morgan fingerprint density at radius 3 is 2.41 bits per heavy atom. The number of carbonyl (C=O) groups is 2. The molecule has 0 atom stereocenters. The minimum absolute atomic E-state index is 0.0135. The van der Waals surface area contributed by atoms with Crippen LogP contribution in [0.1, 0.15) is 40.5 Å². The van der Waals surface area contributed by atoms with Gasteiger partial charge in [-0.15, -0.1) is 0 Å². The minimum atomic E-state index is -3.87. The summed E-state index contributed by atoms with van der Waals surface area (Å²) < 4.78 is 32.5. The van der Waals surface area contributed by atoms with Crippen LogP contribution in [0.3, 0.4) is 0 Å². The van der Waals surface area contributed by atoms with E-state index < -0.39 is 16.0 Å². The second kappa shape index (κ2) is 7.79. The number of esters is 1. The smallest absolute Gasteiger partial charge is 0.338 e. The van der Waals surface area contributed by atoms with Crippen molar-refractivity contribution in [1.29, 1.82) is 0 Å². The predicted molar refractivity (Wildman–Crippen MR) is 100 cm³/mol. The van der Waals surface area contributed by atoms with E-state index in [0.29, 0.717) is 16.8 Å². The third-order valence-corrected chi connectivity index (χ3v) is 5.35. The van der Waals surface area contributed by atoms with Crippen molar-refractivity contribution in [3.8, 4) is 0 Å². The largest absolute Gasteiger partial charge is 0.462 e. The van der Waals surface area contributed by atoms with Gasteiger partial charge in [-0.3, -0.25) is 9.52 Å². The molecule has 1 aliphatic carbocycles. The summed E-state index contributed by atoms with van der Waals surface area (Å²) >= 11 is 0. The lowest BCUT2D eigenvalue weighted by Crippen LogP contribution is -2.25. The zero-order chi connectivity index (χ0) is 19.4. The summed E-state index contributed by atoms with van der Waals surface area (Å²) in [6.07, 6.45) is 1.90. The lowest BCUT2D eigenvalue weighted by atomic mass is 10.2. The number of hydrogen-bond acceptors (Lipinski definition) is 5. The van der Waals surface area contributed by atoms with E-state index in [1.165, 1.54) is 42.5 Å². The quantitative estimate of drug-likeness (QED) is 0.710. The number of ether oxygens (including phenoxy) is 1. The molecule has 0 aromatic heterocycles. The summed E-state index contributed by atoms with van der Waals surface area (Å²) in [6.45, 7) is 1.97. The zero-order valence-corrected chi connectivity index (χ0v) is 15.6. The molecule has 0 saturated heterocycles. The van der Waals surface area contributed by atoms with Gasteiger partial charge in [0.05, 0.1) is 17.1 Å². The molecule has 0 heterocycles. The van der Waals surface area contributed by atoms with Crippen LogP contribution in [0.5, 0.6) is 0 Å². The first kappa shape index (κ1) is 18.9. The van der Waals surface area contributed by atoms with E-state index >= 15 is 0 Å². The van der Waals surface area contributed by atoms with Crippen molar-refractivity contribution in [3.63, 3.8) is 0 Å². The molecular formula is C19H20N2O5S. The molecule has 0 radical (unpaired) electrons. The molecule has 3 rings (SSSR count). The fourth-order valence-electron chi connectivity index (χ4n) is 2.40. The number of carbonyl (C=O) groups excluding carboxylic acids is 2. The van der Waals surface area contributed by atoms with Crippen LogP contribution in [0, 0.1) is 0 Å². The molecule has 1 amide bonds. The second-order valence-corrected chi connectivity index (χ2v) is 7.86. The van der Waals surface area contributed by atoms with Gasteiger partial charge in [-0.25, -0.2) is 13.2 Å². The third kappa shape index (κ3) is 4.85. The van der Waals surface area contributed by atoms with Gasteiger partial charge >= 0.3 is 5.97 Å². The summed E-state index contributed by atoms with van der Waals surface area (Å²) in [5.41, 5.74) is 0.928. The van der Waals surface area contributed by atoms with Crippen LogP contribution in [0.2, 0.25) is 0 Å². The van der Waals surface area contributed by atoms with Crippen molar-refractivity contribution in [2.45, 2.75) is 30.7 Å². The first-order valence-corrected chi connectivity index (χ1v) is 10.1. The van der Waals surface area contributed by atoms with Gasteiger partial charge in [0.25, 0.3) is 15.9 Å². The highest BCUT2D eigenvalue weighted by Gasteiger charge is 2.24. The Balaban J connectivity index is 1.74. The molecule has 0 unspecified atom stereocenters. The average molecular weight is 388 g/mol. The summed E-state index contributed by atoms with van der Waals surface area (Å²) in [6, 6.07) is 12.0. The average Bonchev–Trinajstić information content (AvgIpc) is 3.46. The molecule has 2 N–H and O–H groups in total. The van der Waals surface area contributed by atoms with E-state index in [1.807, 2.05) is 0 Å². The van der Waals surface area contributed by atoms with Crippen molar-refractivity contribution in [2.75, 3.05) is 11.3 Å². The topological polar surface area (TPSA) is 102 Å². The summed E-state index contributed by atoms with van der Waals surface area (Å²) in [5.74, 6) is -0.755. The number of nitrogens with one attached hydrogen (secondary N) is 2. The molecule has 7 nitrogen and oxygen atoms in total. The predicted octanol–water partition coefficient (Wildman–Crippen LogP) is 2.56. The van der Waals surface area contributed by atoms with Gasteiger partial charge in [0.15, 0.2) is 0 Å². The van der Waals surface area contributed by atoms with Gasteiger partial charge < -0.3 is 10.1 Å². The summed E-state index contributed by atoms with van der Waals surface area (Å²) in [7, 11) is -3.87. The lowest BCUT2D eigenvalue weighted by molar-refractivity contribution is 0.0526. The number of hydrogen-bond donors (Lipinski definition) is 2. The van der Waals surface area contributed by atoms with Crippen LogP contribution in [0.15, 0.2) is 53.4 Å². The molecule has 0 spiro atoms. The van der Waals surface area contributed by atoms with Crippen LogP contribution in [-0.2, 0) is 14.8 Å². The lowest BCUT2D eigenvalue weighted by Gasteiger charge is -2.10. The first-order chi connectivity index (χ1) is 12.9. The van der Waals surface area contributed by atoms with E-state index in [9.17, 15) is 18.0 Å². The second-order valence-electron chi connectivity index (χ2n) is 6.18. The molecule has 27 heavy (non-hydrogen) atoms. The Bertz CT molecular complexity index is 950. The van der Waals surface area contributed by atoms with Crippen molar-refractivity contribution in [3.05, 3.63) is 59.7 Å². The maximum absolute atomic E-state index is 12.6. The van der Waals surface area contributed by atoms with Crippen molar-refractivity contribution in [2.24, 2.45) is 0 Å². The highest BCUT2D eigenvalue weighted by molar-refractivity contribution is 7.92. The molecule has 1 fully saturated rings. The zero-order valence-electron chi connectivity index (χ0n) is 14.8. The van der Waals surface area contributed by atoms with E-state index in [-0.39, 0.29) is 23.5 Å². The summed E-state index contributed by atoms with van der Waals surface area (Å²) in [5, 5.41) is 2.83. The molecule has 0 aliphatic heterocycles. The van der Waals surface area contributed by atoms with E-state index in [2.05, 4.69) is 10.0 Å².